The number of benzene rings is 2. The van der Waals surface area contributed by atoms with Crippen molar-refractivity contribution in [2.24, 2.45) is 0 Å². The van der Waals surface area contributed by atoms with Crippen molar-refractivity contribution in [2.75, 3.05) is 10.6 Å². The van der Waals surface area contributed by atoms with E-state index in [1.165, 1.54) is 0 Å². The first-order valence-electron chi connectivity index (χ1n) is 7.64. The molecule has 0 amide bonds. The van der Waals surface area contributed by atoms with Crippen LogP contribution in [-0.2, 0) is 12.7 Å². The third kappa shape index (κ3) is 3.91. The SMILES string of the molecule is Nc1ncc(C(F)(F)F)cc1N(Cc1ccccc1)c1ccccc1. The minimum atomic E-state index is -4.48. The summed E-state index contributed by atoms with van der Waals surface area (Å²) in [5.41, 5.74) is 6.99. The average Bonchev–Trinajstić information content (AvgIpc) is 2.61. The fourth-order valence-electron chi connectivity index (χ4n) is 2.52. The lowest BCUT2D eigenvalue weighted by atomic mass is 10.1. The van der Waals surface area contributed by atoms with Gasteiger partial charge in [0.2, 0.25) is 0 Å². The number of anilines is 3. The summed E-state index contributed by atoms with van der Waals surface area (Å²) in [7, 11) is 0. The van der Waals surface area contributed by atoms with Crippen LogP contribution >= 0.6 is 0 Å². The van der Waals surface area contributed by atoms with E-state index in [9.17, 15) is 13.2 Å². The van der Waals surface area contributed by atoms with Gasteiger partial charge in [-0.15, -0.1) is 0 Å². The number of halogens is 3. The second-order valence-corrected chi connectivity index (χ2v) is 5.53. The molecule has 1 heterocycles. The van der Waals surface area contributed by atoms with Crippen LogP contribution in [-0.4, -0.2) is 4.98 Å². The Morgan fingerprint density at radius 3 is 2.12 bits per heavy atom. The third-order valence-electron chi connectivity index (χ3n) is 3.77. The zero-order valence-corrected chi connectivity index (χ0v) is 13.2. The Kier molecular flexibility index (Phi) is 4.61. The minimum absolute atomic E-state index is 0.0489. The normalized spacial score (nSPS) is 11.3. The Morgan fingerprint density at radius 2 is 1.52 bits per heavy atom. The quantitative estimate of drug-likeness (QED) is 0.723. The number of pyridine rings is 1. The molecule has 0 fully saturated rings. The van der Waals surface area contributed by atoms with Gasteiger partial charge in [-0.25, -0.2) is 4.98 Å². The van der Waals surface area contributed by atoms with Gasteiger partial charge in [0.25, 0.3) is 0 Å². The van der Waals surface area contributed by atoms with Crippen LogP contribution in [0.15, 0.2) is 72.9 Å². The van der Waals surface area contributed by atoms with Crippen LogP contribution in [0, 0.1) is 0 Å². The molecule has 128 valence electrons. The lowest BCUT2D eigenvalue weighted by Gasteiger charge is -2.26. The summed E-state index contributed by atoms with van der Waals surface area (Å²) in [6.07, 6.45) is -3.73. The predicted molar refractivity (Wildman–Crippen MR) is 92.4 cm³/mol. The fourth-order valence-corrected chi connectivity index (χ4v) is 2.52. The monoisotopic (exact) mass is 343 g/mol. The molecule has 0 saturated heterocycles. The van der Waals surface area contributed by atoms with Crippen molar-refractivity contribution in [2.45, 2.75) is 12.7 Å². The maximum atomic E-state index is 13.1. The topological polar surface area (TPSA) is 42.1 Å². The highest BCUT2D eigenvalue weighted by atomic mass is 19.4. The summed E-state index contributed by atoms with van der Waals surface area (Å²) in [6, 6.07) is 19.6. The van der Waals surface area contributed by atoms with E-state index < -0.39 is 11.7 Å². The summed E-state index contributed by atoms with van der Waals surface area (Å²) in [5, 5.41) is 0. The zero-order chi connectivity index (χ0) is 17.9. The summed E-state index contributed by atoms with van der Waals surface area (Å²) < 4.78 is 39.3. The first kappa shape index (κ1) is 16.8. The fraction of sp³-hybridized carbons (Fsp3) is 0.105. The molecule has 3 nitrogen and oxygen atoms in total. The van der Waals surface area contributed by atoms with Crippen molar-refractivity contribution in [3.05, 3.63) is 84.1 Å². The number of rotatable bonds is 4. The number of alkyl halides is 3. The Balaban J connectivity index is 2.09. The number of hydrogen-bond donors (Lipinski definition) is 1. The van der Waals surface area contributed by atoms with Gasteiger partial charge in [0.15, 0.2) is 0 Å². The maximum absolute atomic E-state index is 13.1. The number of para-hydroxylation sites is 1. The first-order valence-corrected chi connectivity index (χ1v) is 7.64. The van der Waals surface area contributed by atoms with Crippen molar-refractivity contribution in [3.8, 4) is 0 Å². The van der Waals surface area contributed by atoms with Gasteiger partial charge in [-0.2, -0.15) is 13.2 Å². The van der Waals surface area contributed by atoms with Gasteiger partial charge < -0.3 is 10.6 Å². The summed E-state index contributed by atoms with van der Waals surface area (Å²) in [6.45, 7) is 0.373. The molecule has 0 atom stereocenters. The number of nitrogens with zero attached hydrogens (tertiary/aromatic N) is 2. The van der Waals surface area contributed by atoms with Crippen LogP contribution in [0.1, 0.15) is 11.1 Å². The van der Waals surface area contributed by atoms with Crippen molar-refractivity contribution in [3.63, 3.8) is 0 Å². The molecular formula is C19H16F3N3. The number of hydrogen-bond acceptors (Lipinski definition) is 3. The van der Waals surface area contributed by atoms with Crippen LogP contribution in [0.4, 0.5) is 30.4 Å². The molecule has 0 unspecified atom stereocenters. The Labute approximate surface area is 143 Å². The molecule has 2 N–H and O–H groups in total. The highest BCUT2D eigenvalue weighted by Gasteiger charge is 2.32. The molecular weight excluding hydrogens is 327 g/mol. The van der Waals surface area contributed by atoms with Crippen LogP contribution in [0.3, 0.4) is 0 Å². The van der Waals surface area contributed by atoms with E-state index in [0.717, 1.165) is 23.5 Å². The molecule has 0 aliphatic heterocycles. The maximum Gasteiger partial charge on any atom is 0.417 e. The van der Waals surface area contributed by atoms with Crippen molar-refractivity contribution < 1.29 is 13.2 Å². The Bertz CT molecular complexity index is 834. The van der Waals surface area contributed by atoms with Gasteiger partial charge in [-0.3, -0.25) is 0 Å². The molecule has 0 aliphatic rings. The molecule has 0 saturated carbocycles. The number of nitrogen functional groups attached to an aromatic ring is 1. The first-order chi connectivity index (χ1) is 11.9. The summed E-state index contributed by atoms with van der Waals surface area (Å²) in [4.78, 5) is 5.48. The Hall–Kier alpha value is -3.02. The Morgan fingerprint density at radius 1 is 0.920 bits per heavy atom. The van der Waals surface area contributed by atoms with Gasteiger partial charge in [-0.1, -0.05) is 48.5 Å². The van der Waals surface area contributed by atoms with E-state index in [2.05, 4.69) is 4.98 Å². The summed E-state index contributed by atoms with van der Waals surface area (Å²) in [5.74, 6) is 0.0489. The van der Waals surface area contributed by atoms with E-state index in [1.807, 2.05) is 60.7 Å². The molecule has 3 rings (SSSR count). The van der Waals surface area contributed by atoms with Crippen molar-refractivity contribution in [1.82, 2.24) is 4.98 Å². The van der Waals surface area contributed by atoms with Gasteiger partial charge in [0, 0.05) is 18.4 Å². The van der Waals surface area contributed by atoms with Crippen LogP contribution < -0.4 is 10.6 Å². The van der Waals surface area contributed by atoms with E-state index in [1.54, 1.807) is 4.90 Å². The van der Waals surface area contributed by atoms with Gasteiger partial charge in [0.05, 0.1) is 11.3 Å². The lowest BCUT2D eigenvalue weighted by molar-refractivity contribution is -0.137. The van der Waals surface area contributed by atoms with Crippen molar-refractivity contribution in [1.29, 1.82) is 0 Å². The van der Waals surface area contributed by atoms with Gasteiger partial charge >= 0.3 is 6.18 Å². The molecule has 0 radical (unpaired) electrons. The largest absolute Gasteiger partial charge is 0.417 e. The zero-order valence-electron chi connectivity index (χ0n) is 13.2. The average molecular weight is 343 g/mol. The third-order valence-corrected chi connectivity index (χ3v) is 3.77. The van der Waals surface area contributed by atoms with E-state index >= 15 is 0 Å². The van der Waals surface area contributed by atoms with Crippen LogP contribution in [0.5, 0.6) is 0 Å². The number of nitrogens with two attached hydrogens (primary N) is 1. The van der Waals surface area contributed by atoms with Crippen LogP contribution in [0.25, 0.3) is 0 Å². The molecule has 3 aromatic rings. The van der Waals surface area contributed by atoms with Gasteiger partial charge in [0.1, 0.15) is 5.82 Å². The number of aromatic nitrogens is 1. The van der Waals surface area contributed by atoms with Crippen molar-refractivity contribution >= 4 is 17.2 Å². The molecule has 25 heavy (non-hydrogen) atoms. The standard InChI is InChI=1S/C19H16F3N3/c20-19(21,22)15-11-17(18(23)24-12-15)25(16-9-5-2-6-10-16)13-14-7-3-1-4-8-14/h1-12H,13H2,(H2,23,24). The molecule has 0 spiro atoms. The highest BCUT2D eigenvalue weighted by molar-refractivity contribution is 5.73. The molecule has 0 bridgehead atoms. The van der Waals surface area contributed by atoms with E-state index in [0.29, 0.717) is 6.54 Å². The predicted octanol–water partition coefficient (Wildman–Crippen LogP) is 5.02. The molecule has 0 aliphatic carbocycles. The van der Waals surface area contributed by atoms with E-state index in [4.69, 9.17) is 5.73 Å². The summed E-state index contributed by atoms with van der Waals surface area (Å²) >= 11 is 0. The molecule has 6 heteroatoms. The second-order valence-electron chi connectivity index (χ2n) is 5.53. The minimum Gasteiger partial charge on any atom is -0.382 e. The highest BCUT2D eigenvalue weighted by Crippen LogP contribution is 2.36. The smallest absolute Gasteiger partial charge is 0.382 e. The van der Waals surface area contributed by atoms with Gasteiger partial charge in [-0.05, 0) is 23.8 Å². The molecule has 1 aromatic heterocycles. The van der Waals surface area contributed by atoms with E-state index in [-0.39, 0.29) is 11.5 Å². The second kappa shape index (κ2) is 6.84. The molecule has 2 aromatic carbocycles. The lowest BCUT2D eigenvalue weighted by Crippen LogP contribution is -2.19. The van der Waals surface area contributed by atoms with Crippen LogP contribution in [0.2, 0.25) is 0 Å².